The number of Topliss-reactive ketones (excluding diaryl/α,β-unsaturated/α-hetero) is 1. The Morgan fingerprint density at radius 3 is 2.68 bits per heavy atom. The van der Waals surface area contributed by atoms with Gasteiger partial charge in [0.15, 0.2) is 11.0 Å². The van der Waals surface area contributed by atoms with Crippen LogP contribution in [-0.2, 0) is 4.79 Å². The molecule has 3 aromatic rings. The molecule has 0 aliphatic heterocycles. The standard InChI is InChI=1S/C22H24N4OS/c1-16-8-5-6-12-19(16)26-21(18-11-7-13-23-14-18)24-25-22(26)28-15-20(27)17-9-3-2-4-10-17/h5-8,11-14,17H,2-4,9-10,15H2,1H3. The molecule has 1 saturated carbocycles. The van der Waals surface area contributed by atoms with Gasteiger partial charge < -0.3 is 0 Å². The lowest BCUT2D eigenvalue weighted by Crippen LogP contribution is -2.19. The van der Waals surface area contributed by atoms with Gasteiger partial charge in [-0.3, -0.25) is 14.3 Å². The van der Waals surface area contributed by atoms with Crippen molar-refractivity contribution < 1.29 is 4.79 Å². The van der Waals surface area contributed by atoms with Crippen LogP contribution in [-0.4, -0.2) is 31.3 Å². The summed E-state index contributed by atoms with van der Waals surface area (Å²) < 4.78 is 2.05. The molecule has 28 heavy (non-hydrogen) atoms. The first-order valence-electron chi connectivity index (χ1n) is 9.81. The minimum absolute atomic E-state index is 0.217. The van der Waals surface area contributed by atoms with Crippen LogP contribution in [0.2, 0.25) is 0 Å². The molecule has 0 radical (unpaired) electrons. The minimum atomic E-state index is 0.217. The lowest BCUT2D eigenvalue weighted by Gasteiger charge is -2.20. The zero-order valence-electron chi connectivity index (χ0n) is 16.0. The van der Waals surface area contributed by atoms with Crippen LogP contribution < -0.4 is 0 Å². The fraction of sp³-hybridized carbons (Fsp3) is 0.364. The van der Waals surface area contributed by atoms with E-state index in [9.17, 15) is 4.79 Å². The van der Waals surface area contributed by atoms with E-state index in [1.54, 1.807) is 12.4 Å². The van der Waals surface area contributed by atoms with Gasteiger partial charge in [0.05, 0.1) is 11.4 Å². The van der Waals surface area contributed by atoms with Crippen LogP contribution in [0.4, 0.5) is 0 Å². The van der Waals surface area contributed by atoms with Crippen molar-refractivity contribution in [3.05, 3.63) is 54.4 Å². The molecular weight excluding hydrogens is 368 g/mol. The molecule has 0 saturated heterocycles. The van der Waals surface area contributed by atoms with Gasteiger partial charge in [0, 0.05) is 23.9 Å². The number of para-hydroxylation sites is 1. The lowest BCUT2D eigenvalue weighted by atomic mass is 9.87. The highest BCUT2D eigenvalue weighted by Crippen LogP contribution is 2.31. The highest BCUT2D eigenvalue weighted by molar-refractivity contribution is 7.99. The number of pyridine rings is 1. The zero-order chi connectivity index (χ0) is 19.3. The highest BCUT2D eigenvalue weighted by Gasteiger charge is 2.23. The average molecular weight is 393 g/mol. The number of carbonyl (C=O) groups excluding carboxylic acids is 1. The van der Waals surface area contributed by atoms with E-state index in [1.165, 1.54) is 31.0 Å². The number of nitrogens with zero attached hydrogens (tertiary/aromatic N) is 4. The molecule has 0 N–H and O–H groups in total. The van der Waals surface area contributed by atoms with E-state index in [0.29, 0.717) is 11.5 Å². The number of carbonyl (C=O) groups is 1. The van der Waals surface area contributed by atoms with E-state index in [-0.39, 0.29) is 5.92 Å². The molecule has 6 heteroatoms. The predicted molar refractivity (Wildman–Crippen MR) is 112 cm³/mol. The number of thioether (sulfide) groups is 1. The molecule has 1 aliphatic rings. The Kier molecular flexibility index (Phi) is 5.86. The quantitative estimate of drug-likeness (QED) is 0.560. The summed E-state index contributed by atoms with van der Waals surface area (Å²) in [5.74, 6) is 1.75. The van der Waals surface area contributed by atoms with E-state index in [0.717, 1.165) is 40.6 Å². The largest absolute Gasteiger partial charge is 0.298 e. The molecule has 0 atom stereocenters. The van der Waals surface area contributed by atoms with Crippen LogP contribution in [0, 0.1) is 12.8 Å². The van der Waals surface area contributed by atoms with E-state index >= 15 is 0 Å². The molecule has 0 spiro atoms. The number of aromatic nitrogens is 4. The summed E-state index contributed by atoms with van der Waals surface area (Å²) in [5.41, 5.74) is 3.07. The summed E-state index contributed by atoms with van der Waals surface area (Å²) in [5, 5.41) is 9.61. The van der Waals surface area contributed by atoms with Crippen molar-refractivity contribution in [1.82, 2.24) is 19.7 Å². The van der Waals surface area contributed by atoms with Crippen LogP contribution in [0.3, 0.4) is 0 Å². The highest BCUT2D eigenvalue weighted by atomic mass is 32.2. The third-order valence-corrected chi connectivity index (χ3v) is 6.26. The molecule has 1 fully saturated rings. The molecule has 0 unspecified atom stereocenters. The van der Waals surface area contributed by atoms with Crippen molar-refractivity contribution in [3.63, 3.8) is 0 Å². The van der Waals surface area contributed by atoms with Gasteiger partial charge >= 0.3 is 0 Å². The second-order valence-electron chi connectivity index (χ2n) is 7.26. The summed E-state index contributed by atoms with van der Waals surface area (Å²) in [7, 11) is 0. The van der Waals surface area contributed by atoms with E-state index in [2.05, 4.69) is 34.2 Å². The molecule has 2 aromatic heterocycles. The molecule has 0 bridgehead atoms. The van der Waals surface area contributed by atoms with E-state index < -0.39 is 0 Å². The van der Waals surface area contributed by atoms with Crippen LogP contribution >= 0.6 is 11.8 Å². The minimum Gasteiger partial charge on any atom is -0.298 e. The van der Waals surface area contributed by atoms with Gasteiger partial charge in [-0.05, 0) is 43.5 Å². The molecule has 1 aliphatic carbocycles. The molecule has 5 nitrogen and oxygen atoms in total. The van der Waals surface area contributed by atoms with Crippen molar-refractivity contribution >= 4 is 17.5 Å². The first-order chi connectivity index (χ1) is 13.7. The molecule has 4 rings (SSSR count). The molecule has 0 amide bonds. The average Bonchev–Trinajstić information content (AvgIpc) is 3.17. The van der Waals surface area contributed by atoms with E-state index in [1.807, 2.05) is 28.8 Å². The number of ketones is 1. The van der Waals surface area contributed by atoms with Crippen molar-refractivity contribution in [2.24, 2.45) is 5.92 Å². The molecule has 2 heterocycles. The Morgan fingerprint density at radius 2 is 1.93 bits per heavy atom. The lowest BCUT2D eigenvalue weighted by molar-refractivity contribution is -0.121. The third kappa shape index (κ3) is 4.02. The first kappa shape index (κ1) is 18.9. The van der Waals surface area contributed by atoms with Gasteiger partial charge in [-0.1, -0.05) is 49.2 Å². The Hall–Kier alpha value is -2.47. The summed E-state index contributed by atoms with van der Waals surface area (Å²) in [4.78, 5) is 16.9. The summed E-state index contributed by atoms with van der Waals surface area (Å²) >= 11 is 1.49. The smallest absolute Gasteiger partial charge is 0.196 e. The van der Waals surface area contributed by atoms with Crippen molar-refractivity contribution in [3.8, 4) is 17.1 Å². The maximum absolute atomic E-state index is 12.7. The van der Waals surface area contributed by atoms with Gasteiger partial charge in [-0.15, -0.1) is 10.2 Å². The SMILES string of the molecule is Cc1ccccc1-n1c(SCC(=O)C2CCCCC2)nnc1-c1cccnc1. The summed E-state index contributed by atoms with van der Waals surface area (Å²) in [6.45, 7) is 2.07. The van der Waals surface area contributed by atoms with E-state index in [4.69, 9.17) is 0 Å². The Bertz CT molecular complexity index is 948. The van der Waals surface area contributed by atoms with Gasteiger partial charge in [0.2, 0.25) is 0 Å². The summed E-state index contributed by atoms with van der Waals surface area (Å²) in [6, 6.07) is 12.0. The van der Waals surface area contributed by atoms with Crippen LogP contribution in [0.25, 0.3) is 17.1 Å². The van der Waals surface area contributed by atoms with Gasteiger partial charge in [0.1, 0.15) is 5.78 Å². The Labute approximate surface area is 169 Å². The zero-order valence-corrected chi connectivity index (χ0v) is 16.9. The predicted octanol–water partition coefficient (Wildman–Crippen LogP) is 4.88. The van der Waals surface area contributed by atoms with Crippen molar-refractivity contribution in [2.75, 3.05) is 5.75 Å². The van der Waals surface area contributed by atoms with Crippen molar-refractivity contribution in [2.45, 2.75) is 44.2 Å². The van der Waals surface area contributed by atoms with Crippen LogP contribution in [0.5, 0.6) is 0 Å². The number of hydrogen-bond acceptors (Lipinski definition) is 5. The maximum atomic E-state index is 12.7. The normalized spacial score (nSPS) is 14.9. The van der Waals surface area contributed by atoms with Gasteiger partial charge in [0.25, 0.3) is 0 Å². The second kappa shape index (κ2) is 8.69. The first-order valence-corrected chi connectivity index (χ1v) is 10.8. The maximum Gasteiger partial charge on any atom is 0.196 e. The number of hydrogen-bond donors (Lipinski definition) is 0. The third-order valence-electron chi connectivity index (χ3n) is 5.31. The number of rotatable bonds is 6. The fourth-order valence-corrected chi connectivity index (χ4v) is 4.67. The fourth-order valence-electron chi connectivity index (χ4n) is 3.75. The topological polar surface area (TPSA) is 60.7 Å². The van der Waals surface area contributed by atoms with Crippen molar-refractivity contribution in [1.29, 1.82) is 0 Å². The van der Waals surface area contributed by atoms with Crippen LogP contribution in [0.15, 0.2) is 53.9 Å². The second-order valence-corrected chi connectivity index (χ2v) is 8.20. The molecular formula is C22H24N4OS. The molecule has 144 valence electrons. The van der Waals surface area contributed by atoms with Gasteiger partial charge in [-0.2, -0.15) is 0 Å². The monoisotopic (exact) mass is 392 g/mol. The van der Waals surface area contributed by atoms with Crippen LogP contribution in [0.1, 0.15) is 37.7 Å². The number of aryl methyl sites for hydroxylation is 1. The molecule has 1 aromatic carbocycles. The Morgan fingerprint density at radius 1 is 1.11 bits per heavy atom. The number of benzene rings is 1. The summed E-state index contributed by atoms with van der Waals surface area (Å²) in [6.07, 6.45) is 9.21. The van der Waals surface area contributed by atoms with Gasteiger partial charge in [-0.25, -0.2) is 0 Å². The Balaban J connectivity index is 1.65.